The SMILES string of the molecule is CCNc1ncc(F)c(-c2occc2Br)n1. The molecule has 0 saturated heterocycles. The molecular weight excluding hydrogens is 277 g/mol. The summed E-state index contributed by atoms with van der Waals surface area (Å²) >= 11 is 3.26. The van der Waals surface area contributed by atoms with Gasteiger partial charge in [0.05, 0.1) is 16.9 Å². The number of hydrogen-bond acceptors (Lipinski definition) is 4. The number of hydrogen-bond donors (Lipinski definition) is 1. The Hall–Kier alpha value is -1.43. The molecule has 0 saturated carbocycles. The summed E-state index contributed by atoms with van der Waals surface area (Å²) in [6, 6.07) is 1.68. The van der Waals surface area contributed by atoms with Crippen LogP contribution in [-0.4, -0.2) is 16.5 Å². The van der Waals surface area contributed by atoms with Crippen LogP contribution in [0.4, 0.5) is 10.3 Å². The van der Waals surface area contributed by atoms with Gasteiger partial charge in [-0.1, -0.05) is 0 Å². The third kappa shape index (κ3) is 2.06. The summed E-state index contributed by atoms with van der Waals surface area (Å²) in [7, 11) is 0. The van der Waals surface area contributed by atoms with Gasteiger partial charge in [-0.25, -0.2) is 14.4 Å². The van der Waals surface area contributed by atoms with Crippen LogP contribution in [-0.2, 0) is 0 Å². The molecule has 2 heterocycles. The van der Waals surface area contributed by atoms with E-state index in [2.05, 4.69) is 31.2 Å². The van der Waals surface area contributed by atoms with Crippen molar-refractivity contribution < 1.29 is 8.81 Å². The molecule has 0 aromatic carbocycles. The highest BCUT2D eigenvalue weighted by atomic mass is 79.9. The summed E-state index contributed by atoms with van der Waals surface area (Å²) in [5.41, 5.74) is 0.142. The van der Waals surface area contributed by atoms with Crippen LogP contribution in [0, 0.1) is 5.82 Å². The second kappa shape index (κ2) is 4.61. The van der Waals surface area contributed by atoms with Crippen molar-refractivity contribution in [1.29, 1.82) is 0 Å². The molecule has 0 aliphatic rings. The minimum atomic E-state index is -0.516. The van der Waals surface area contributed by atoms with Gasteiger partial charge >= 0.3 is 0 Å². The standard InChI is InChI=1S/C10H9BrFN3O/c1-2-13-10-14-5-7(12)8(15-10)9-6(11)3-4-16-9/h3-5H,2H2,1H3,(H,13,14,15). The maximum Gasteiger partial charge on any atom is 0.223 e. The van der Waals surface area contributed by atoms with Crippen LogP contribution >= 0.6 is 15.9 Å². The minimum Gasteiger partial charge on any atom is -0.461 e. The zero-order valence-electron chi connectivity index (χ0n) is 8.50. The first-order chi connectivity index (χ1) is 7.72. The number of aromatic nitrogens is 2. The second-order valence-corrected chi connectivity index (χ2v) is 3.87. The molecule has 2 aromatic heterocycles. The van der Waals surface area contributed by atoms with E-state index in [4.69, 9.17) is 4.42 Å². The molecule has 1 N–H and O–H groups in total. The van der Waals surface area contributed by atoms with E-state index in [1.165, 1.54) is 6.26 Å². The zero-order chi connectivity index (χ0) is 11.5. The van der Waals surface area contributed by atoms with Crippen molar-refractivity contribution in [3.05, 3.63) is 28.8 Å². The summed E-state index contributed by atoms with van der Waals surface area (Å²) in [6.07, 6.45) is 2.59. The van der Waals surface area contributed by atoms with Crippen molar-refractivity contribution in [2.45, 2.75) is 6.92 Å². The van der Waals surface area contributed by atoms with Gasteiger partial charge in [0.2, 0.25) is 5.95 Å². The molecule has 0 spiro atoms. The molecule has 0 unspecified atom stereocenters. The van der Waals surface area contributed by atoms with Gasteiger partial charge in [0.1, 0.15) is 5.69 Å². The highest BCUT2D eigenvalue weighted by Gasteiger charge is 2.15. The number of nitrogens with one attached hydrogen (secondary N) is 1. The fraction of sp³-hybridized carbons (Fsp3) is 0.200. The maximum absolute atomic E-state index is 13.5. The maximum atomic E-state index is 13.5. The summed E-state index contributed by atoms with van der Waals surface area (Å²) in [5, 5.41) is 2.91. The van der Waals surface area contributed by atoms with Gasteiger partial charge in [-0.15, -0.1) is 0 Å². The molecule has 4 nitrogen and oxygen atoms in total. The molecule has 0 atom stereocenters. The Morgan fingerprint density at radius 1 is 1.56 bits per heavy atom. The molecule has 2 rings (SSSR count). The lowest BCUT2D eigenvalue weighted by Gasteiger charge is -2.04. The van der Waals surface area contributed by atoms with Crippen LogP contribution in [0.2, 0.25) is 0 Å². The summed E-state index contributed by atoms with van der Waals surface area (Å²) in [6.45, 7) is 2.58. The van der Waals surface area contributed by atoms with Gasteiger partial charge < -0.3 is 9.73 Å². The topological polar surface area (TPSA) is 51.0 Å². The molecule has 84 valence electrons. The lowest BCUT2D eigenvalue weighted by molar-refractivity contribution is 0.561. The van der Waals surface area contributed by atoms with E-state index in [1.54, 1.807) is 6.07 Å². The third-order valence-electron chi connectivity index (χ3n) is 1.91. The van der Waals surface area contributed by atoms with Crippen molar-refractivity contribution in [3.8, 4) is 11.5 Å². The Kier molecular flexibility index (Phi) is 3.19. The van der Waals surface area contributed by atoms with E-state index in [9.17, 15) is 4.39 Å². The highest BCUT2D eigenvalue weighted by Crippen LogP contribution is 2.29. The number of nitrogens with zero attached hydrogens (tertiary/aromatic N) is 2. The molecule has 0 radical (unpaired) electrons. The minimum absolute atomic E-state index is 0.142. The molecule has 0 amide bonds. The van der Waals surface area contributed by atoms with E-state index in [-0.39, 0.29) is 5.69 Å². The summed E-state index contributed by atoms with van der Waals surface area (Å²) in [4.78, 5) is 7.86. The van der Waals surface area contributed by atoms with Gasteiger partial charge in [-0.05, 0) is 28.9 Å². The molecule has 2 aromatic rings. The number of anilines is 1. The van der Waals surface area contributed by atoms with E-state index in [0.29, 0.717) is 22.7 Å². The summed E-state index contributed by atoms with van der Waals surface area (Å²) < 4.78 is 19.3. The van der Waals surface area contributed by atoms with Crippen molar-refractivity contribution in [3.63, 3.8) is 0 Å². The quantitative estimate of drug-likeness (QED) is 0.942. The average molecular weight is 286 g/mol. The van der Waals surface area contributed by atoms with Crippen LogP contribution in [0.5, 0.6) is 0 Å². The molecule has 0 fully saturated rings. The van der Waals surface area contributed by atoms with Crippen LogP contribution < -0.4 is 5.32 Å². The smallest absolute Gasteiger partial charge is 0.223 e. The Balaban J connectivity index is 2.47. The van der Waals surface area contributed by atoms with Crippen molar-refractivity contribution in [1.82, 2.24) is 9.97 Å². The van der Waals surface area contributed by atoms with Gasteiger partial charge in [0, 0.05) is 6.54 Å². The van der Waals surface area contributed by atoms with Crippen molar-refractivity contribution >= 4 is 21.9 Å². The van der Waals surface area contributed by atoms with E-state index in [1.807, 2.05) is 6.92 Å². The average Bonchev–Trinajstić information content (AvgIpc) is 2.68. The first kappa shape index (κ1) is 11.1. The molecule has 6 heteroatoms. The molecule has 0 bridgehead atoms. The third-order valence-corrected chi connectivity index (χ3v) is 2.54. The first-order valence-corrected chi connectivity index (χ1v) is 5.51. The van der Waals surface area contributed by atoms with Crippen LogP contribution in [0.25, 0.3) is 11.5 Å². The van der Waals surface area contributed by atoms with Gasteiger partial charge in [0.25, 0.3) is 0 Å². The number of furan rings is 1. The van der Waals surface area contributed by atoms with E-state index in [0.717, 1.165) is 6.20 Å². The van der Waals surface area contributed by atoms with Gasteiger partial charge in [0.15, 0.2) is 11.6 Å². The van der Waals surface area contributed by atoms with Gasteiger partial charge in [-0.3, -0.25) is 0 Å². The second-order valence-electron chi connectivity index (χ2n) is 3.02. The van der Waals surface area contributed by atoms with E-state index >= 15 is 0 Å². The normalized spacial score (nSPS) is 10.4. The van der Waals surface area contributed by atoms with Gasteiger partial charge in [-0.2, -0.15) is 0 Å². The molecule has 0 aliphatic carbocycles. The zero-order valence-corrected chi connectivity index (χ0v) is 10.1. The number of halogens is 2. The largest absolute Gasteiger partial charge is 0.461 e. The monoisotopic (exact) mass is 285 g/mol. The fourth-order valence-electron chi connectivity index (χ4n) is 1.23. The first-order valence-electron chi connectivity index (χ1n) is 4.72. The van der Waals surface area contributed by atoms with Crippen LogP contribution in [0.1, 0.15) is 6.92 Å². The lowest BCUT2D eigenvalue weighted by atomic mass is 10.3. The lowest BCUT2D eigenvalue weighted by Crippen LogP contribution is -2.03. The molecule has 0 aliphatic heterocycles. The Labute approximate surface area is 100 Å². The highest BCUT2D eigenvalue weighted by molar-refractivity contribution is 9.10. The number of rotatable bonds is 3. The van der Waals surface area contributed by atoms with Crippen LogP contribution in [0.3, 0.4) is 0 Å². The predicted molar refractivity (Wildman–Crippen MR) is 61.6 cm³/mol. The van der Waals surface area contributed by atoms with E-state index < -0.39 is 5.82 Å². The fourth-order valence-corrected chi connectivity index (χ4v) is 1.62. The van der Waals surface area contributed by atoms with Crippen LogP contribution in [0.15, 0.2) is 27.4 Å². The predicted octanol–water partition coefficient (Wildman–Crippen LogP) is 3.07. The van der Waals surface area contributed by atoms with Crippen molar-refractivity contribution in [2.24, 2.45) is 0 Å². The Morgan fingerprint density at radius 2 is 2.38 bits per heavy atom. The summed E-state index contributed by atoms with van der Waals surface area (Å²) in [5.74, 6) is 0.221. The Bertz CT molecular complexity index is 501. The molecule has 16 heavy (non-hydrogen) atoms. The molecular formula is C10H9BrFN3O. The Morgan fingerprint density at radius 3 is 3.00 bits per heavy atom. The van der Waals surface area contributed by atoms with Crippen molar-refractivity contribution in [2.75, 3.05) is 11.9 Å².